The highest BCUT2D eigenvalue weighted by atomic mass is 16.5. The average molecular weight is 241 g/mol. The molecule has 2 aromatic rings. The molecule has 1 N–H and O–H groups in total. The number of aromatic nitrogens is 2. The van der Waals surface area contributed by atoms with Crippen molar-refractivity contribution in [1.29, 1.82) is 5.26 Å². The van der Waals surface area contributed by atoms with Crippen LogP contribution in [0, 0.1) is 11.3 Å². The first-order valence-electron chi connectivity index (χ1n) is 5.86. The fraction of sp³-hybridized carbons (Fsp3) is 0.286. The molecule has 2 rings (SSSR count). The summed E-state index contributed by atoms with van der Waals surface area (Å²) in [6, 6.07) is 8.11. The lowest BCUT2D eigenvalue weighted by Crippen LogP contribution is -1.91. The highest BCUT2D eigenvalue weighted by Gasteiger charge is 2.07. The van der Waals surface area contributed by atoms with Crippen molar-refractivity contribution < 1.29 is 4.74 Å². The molecule has 18 heavy (non-hydrogen) atoms. The number of hydrogen-bond acceptors (Lipinski definition) is 3. The number of ether oxygens (including phenoxy) is 1. The molecule has 0 aliphatic rings. The van der Waals surface area contributed by atoms with Gasteiger partial charge in [0.25, 0.3) is 0 Å². The minimum absolute atomic E-state index is 0.302. The molecule has 0 saturated carbocycles. The van der Waals surface area contributed by atoms with Gasteiger partial charge in [-0.05, 0) is 30.2 Å². The van der Waals surface area contributed by atoms with Crippen molar-refractivity contribution in [3.05, 3.63) is 35.8 Å². The van der Waals surface area contributed by atoms with Gasteiger partial charge in [0, 0.05) is 5.56 Å². The Morgan fingerprint density at radius 3 is 2.94 bits per heavy atom. The quantitative estimate of drug-likeness (QED) is 0.895. The second kappa shape index (κ2) is 5.37. The van der Waals surface area contributed by atoms with Gasteiger partial charge in [0.05, 0.1) is 31.5 Å². The smallest absolute Gasteiger partial charge is 0.122 e. The van der Waals surface area contributed by atoms with Gasteiger partial charge in [0.1, 0.15) is 11.6 Å². The van der Waals surface area contributed by atoms with Crippen LogP contribution < -0.4 is 4.74 Å². The van der Waals surface area contributed by atoms with E-state index in [4.69, 9.17) is 10.00 Å². The van der Waals surface area contributed by atoms with Crippen LogP contribution >= 0.6 is 0 Å². The Morgan fingerprint density at radius 1 is 1.44 bits per heavy atom. The predicted octanol–water partition coefficient (Wildman–Crippen LogP) is 2.71. The maximum Gasteiger partial charge on any atom is 0.122 e. The minimum atomic E-state index is 0.302. The molecule has 0 unspecified atom stereocenters. The van der Waals surface area contributed by atoms with E-state index in [1.807, 2.05) is 12.1 Å². The number of nitriles is 1. The van der Waals surface area contributed by atoms with Crippen molar-refractivity contribution in [1.82, 2.24) is 9.97 Å². The molecule has 0 bridgehead atoms. The fourth-order valence-corrected chi connectivity index (χ4v) is 1.90. The molecule has 0 radical (unpaired) electrons. The zero-order valence-electron chi connectivity index (χ0n) is 10.5. The first-order valence-corrected chi connectivity index (χ1v) is 5.86. The molecular weight excluding hydrogens is 226 g/mol. The molecule has 0 spiro atoms. The van der Waals surface area contributed by atoms with Gasteiger partial charge >= 0.3 is 0 Å². The highest BCUT2D eigenvalue weighted by molar-refractivity contribution is 5.61. The SMILES string of the molecule is CCc1cc(-c2cnc(CC#N)[nH]2)ccc1OC. The predicted molar refractivity (Wildman–Crippen MR) is 69.3 cm³/mol. The number of hydrogen-bond donors (Lipinski definition) is 1. The van der Waals surface area contributed by atoms with Crippen molar-refractivity contribution in [2.75, 3.05) is 7.11 Å². The number of benzene rings is 1. The van der Waals surface area contributed by atoms with Gasteiger partial charge in [-0.25, -0.2) is 4.98 Å². The molecule has 1 heterocycles. The molecule has 0 aliphatic heterocycles. The fourth-order valence-electron chi connectivity index (χ4n) is 1.90. The number of aromatic amines is 1. The Labute approximate surface area is 106 Å². The maximum atomic E-state index is 8.62. The van der Waals surface area contributed by atoms with E-state index in [2.05, 4.69) is 29.0 Å². The third kappa shape index (κ3) is 2.35. The summed E-state index contributed by atoms with van der Waals surface area (Å²) in [7, 11) is 1.68. The number of nitrogens with zero attached hydrogens (tertiary/aromatic N) is 2. The van der Waals surface area contributed by atoms with E-state index in [1.54, 1.807) is 13.3 Å². The summed E-state index contributed by atoms with van der Waals surface area (Å²) in [6.45, 7) is 2.09. The van der Waals surface area contributed by atoms with Crippen molar-refractivity contribution in [2.45, 2.75) is 19.8 Å². The van der Waals surface area contributed by atoms with Crippen LogP contribution in [0.3, 0.4) is 0 Å². The monoisotopic (exact) mass is 241 g/mol. The lowest BCUT2D eigenvalue weighted by molar-refractivity contribution is 0.410. The lowest BCUT2D eigenvalue weighted by Gasteiger charge is -2.08. The standard InChI is InChI=1S/C14H15N3O/c1-3-10-8-11(4-5-13(10)18-2)12-9-16-14(17-12)6-7-15/h4-5,8-9H,3,6H2,1-2H3,(H,16,17). The summed E-state index contributed by atoms with van der Waals surface area (Å²) in [5.74, 6) is 1.60. The summed E-state index contributed by atoms with van der Waals surface area (Å²) >= 11 is 0. The van der Waals surface area contributed by atoms with Crippen molar-refractivity contribution in [2.24, 2.45) is 0 Å². The van der Waals surface area contributed by atoms with Gasteiger partial charge < -0.3 is 9.72 Å². The Balaban J connectivity index is 2.35. The second-order valence-electron chi connectivity index (χ2n) is 3.96. The third-order valence-corrected chi connectivity index (χ3v) is 2.85. The summed E-state index contributed by atoms with van der Waals surface area (Å²) in [5.41, 5.74) is 3.15. The second-order valence-corrected chi connectivity index (χ2v) is 3.96. The van der Waals surface area contributed by atoms with Crippen LogP contribution in [0.15, 0.2) is 24.4 Å². The molecule has 4 heteroatoms. The van der Waals surface area contributed by atoms with Gasteiger partial charge in [0.15, 0.2) is 0 Å². The molecule has 92 valence electrons. The van der Waals surface area contributed by atoms with Crippen molar-refractivity contribution >= 4 is 0 Å². The molecule has 1 aromatic carbocycles. The van der Waals surface area contributed by atoms with E-state index in [0.717, 1.165) is 29.0 Å². The number of imidazole rings is 1. The van der Waals surface area contributed by atoms with E-state index < -0.39 is 0 Å². The van der Waals surface area contributed by atoms with Gasteiger partial charge in [-0.1, -0.05) is 6.92 Å². The average Bonchev–Trinajstić information content (AvgIpc) is 2.87. The number of nitrogens with one attached hydrogen (secondary N) is 1. The van der Waals surface area contributed by atoms with Crippen LogP contribution in [-0.2, 0) is 12.8 Å². The van der Waals surface area contributed by atoms with Gasteiger partial charge in [-0.2, -0.15) is 5.26 Å². The van der Waals surface area contributed by atoms with Crippen LogP contribution in [0.1, 0.15) is 18.3 Å². The largest absolute Gasteiger partial charge is 0.496 e. The van der Waals surface area contributed by atoms with Crippen LogP contribution in [0.4, 0.5) is 0 Å². The highest BCUT2D eigenvalue weighted by Crippen LogP contribution is 2.26. The molecule has 0 saturated heterocycles. The van der Waals surface area contributed by atoms with Gasteiger partial charge in [0.2, 0.25) is 0 Å². The van der Waals surface area contributed by atoms with Crippen LogP contribution in [0.5, 0.6) is 5.75 Å². The molecule has 4 nitrogen and oxygen atoms in total. The summed E-state index contributed by atoms with van der Waals surface area (Å²) in [6.07, 6.45) is 2.97. The lowest BCUT2D eigenvalue weighted by atomic mass is 10.1. The van der Waals surface area contributed by atoms with Gasteiger partial charge in [-0.3, -0.25) is 0 Å². The normalized spacial score (nSPS) is 10.1. The molecule has 0 atom stereocenters. The molecule has 0 fully saturated rings. The Kier molecular flexibility index (Phi) is 3.63. The summed E-state index contributed by atoms with van der Waals surface area (Å²) in [4.78, 5) is 7.32. The summed E-state index contributed by atoms with van der Waals surface area (Å²) in [5, 5.41) is 8.62. The Morgan fingerprint density at radius 2 is 2.28 bits per heavy atom. The molecule has 0 amide bonds. The molecule has 0 aliphatic carbocycles. The van der Waals surface area contributed by atoms with Crippen molar-refractivity contribution in [3.63, 3.8) is 0 Å². The topological polar surface area (TPSA) is 61.7 Å². The van der Waals surface area contributed by atoms with Gasteiger partial charge in [-0.15, -0.1) is 0 Å². The van der Waals surface area contributed by atoms with Crippen LogP contribution in [-0.4, -0.2) is 17.1 Å². The number of rotatable bonds is 4. The zero-order valence-corrected chi connectivity index (χ0v) is 10.5. The maximum absolute atomic E-state index is 8.62. The van der Waals surface area contributed by atoms with E-state index >= 15 is 0 Å². The third-order valence-electron chi connectivity index (χ3n) is 2.85. The molecule has 1 aromatic heterocycles. The number of aryl methyl sites for hydroxylation is 1. The first-order chi connectivity index (χ1) is 8.78. The zero-order chi connectivity index (χ0) is 13.0. The van der Waals surface area contributed by atoms with Crippen LogP contribution in [0.25, 0.3) is 11.3 Å². The number of H-pyrrole nitrogens is 1. The van der Waals surface area contributed by atoms with Crippen LogP contribution in [0.2, 0.25) is 0 Å². The Hall–Kier alpha value is -2.28. The Bertz CT molecular complexity index is 581. The van der Waals surface area contributed by atoms with E-state index in [1.165, 1.54) is 0 Å². The van der Waals surface area contributed by atoms with Crippen molar-refractivity contribution in [3.8, 4) is 23.1 Å². The first kappa shape index (κ1) is 12.2. The van der Waals surface area contributed by atoms with E-state index in [9.17, 15) is 0 Å². The summed E-state index contributed by atoms with van der Waals surface area (Å²) < 4.78 is 5.30. The van der Waals surface area contributed by atoms with E-state index in [0.29, 0.717) is 12.2 Å². The number of methoxy groups -OCH3 is 1. The van der Waals surface area contributed by atoms with E-state index in [-0.39, 0.29) is 0 Å². The molecular formula is C14H15N3O. The minimum Gasteiger partial charge on any atom is -0.496 e.